The van der Waals surface area contributed by atoms with Gasteiger partial charge in [0.15, 0.2) is 0 Å². The number of hydrogen-bond acceptors (Lipinski definition) is 6. The first-order chi connectivity index (χ1) is 8.19. The van der Waals surface area contributed by atoms with E-state index < -0.39 is 0 Å². The van der Waals surface area contributed by atoms with Crippen LogP contribution in [0.5, 0.6) is 0 Å². The fourth-order valence-electron chi connectivity index (χ4n) is 1.21. The molecule has 0 spiro atoms. The number of aromatic nitrogens is 2. The Morgan fingerprint density at radius 2 is 2.00 bits per heavy atom. The normalized spacial score (nSPS) is 10.2. The molecule has 0 bridgehead atoms. The van der Waals surface area contributed by atoms with Crippen LogP contribution in [0.1, 0.15) is 0 Å². The third-order valence-electron chi connectivity index (χ3n) is 1.92. The number of hydrogen-bond donors (Lipinski definition) is 3. The largest absolute Gasteiger partial charge is 0.368 e. The van der Waals surface area contributed by atoms with Crippen LogP contribution in [0.25, 0.3) is 0 Å². The van der Waals surface area contributed by atoms with E-state index in [0.29, 0.717) is 15.9 Å². The molecule has 1 aromatic heterocycles. The number of anilines is 2. The first-order valence-electron chi connectivity index (χ1n) is 4.72. The van der Waals surface area contributed by atoms with E-state index in [1.165, 1.54) is 11.8 Å². The Morgan fingerprint density at radius 3 is 2.71 bits per heavy atom. The molecule has 1 aromatic carbocycles. The Bertz CT molecular complexity index is 534. The van der Waals surface area contributed by atoms with Crippen LogP contribution in [0.3, 0.4) is 0 Å². The van der Waals surface area contributed by atoms with E-state index in [1.54, 1.807) is 6.07 Å². The Hall–Kier alpha value is -1.50. The van der Waals surface area contributed by atoms with Crippen LogP contribution in [-0.2, 0) is 0 Å². The lowest BCUT2D eigenvalue weighted by molar-refractivity contribution is 1.05. The summed E-state index contributed by atoms with van der Waals surface area (Å²) < 4.78 is 0. The lowest BCUT2D eigenvalue weighted by Crippen LogP contribution is -2.10. The van der Waals surface area contributed by atoms with E-state index in [1.807, 2.05) is 24.3 Å². The Morgan fingerprint density at radius 1 is 1.24 bits per heavy atom. The van der Waals surface area contributed by atoms with Gasteiger partial charge in [-0.2, -0.15) is 4.98 Å². The van der Waals surface area contributed by atoms with Crippen molar-refractivity contribution in [2.24, 2.45) is 5.84 Å². The summed E-state index contributed by atoms with van der Waals surface area (Å²) >= 11 is 7.45. The van der Waals surface area contributed by atoms with Crippen LogP contribution in [-0.4, -0.2) is 9.97 Å². The lowest BCUT2D eigenvalue weighted by atomic mass is 10.4. The van der Waals surface area contributed by atoms with Crippen LogP contribution in [0.2, 0.25) is 5.02 Å². The summed E-state index contributed by atoms with van der Waals surface area (Å²) in [5, 5.41) is 1.34. The maximum absolute atomic E-state index is 6.05. The fraction of sp³-hybridized carbons (Fsp3) is 0. The minimum atomic E-state index is 0.162. The van der Waals surface area contributed by atoms with Crippen molar-refractivity contribution in [3.8, 4) is 0 Å². The highest BCUT2D eigenvalue weighted by molar-refractivity contribution is 7.99. The van der Waals surface area contributed by atoms with Gasteiger partial charge in [0.05, 0.1) is 5.02 Å². The molecule has 0 unspecified atom stereocenters. The smallest absolute Gasteiger partial charge is 0.223 e. The van der Waals surface area contributed by atoms with Crippen LogP contribution in [0.15, 0.2) is 40.3 Å². The summed E-state index contributed by atoms with van der Waals surface area (Å²) in [6.45, 7) is 0. The topological polar surface area (TPSA) is 89.8 Å². The summed E-state index contributed by atoms with van der Waals surface area (Å²) in [6, 6.07) is 9.19. The van der Waals surface area contributed by atoms with Crippen LogP contribution >= 0.6 is 23.4 Å². The van der Waals surface area contributed by atoms with E-state index in [2.05, 4.69) is 15.4 Å². The molecular weight excluding hydrogens is 258 g/mol. The van der Waals surface area contributed by atoms with Crippen LogP contribution < -0.4 is 17.0 Å². The lowest BCUT2D eigenvalue weighted by Gasteiger charge is -2.05. The molecule has 1 heterocycles. The molecule has 2 rings (SSSR count). The number of rotatable bonds is 3. The van der Waals surface area contributed by atoms with Gasteiger partial charge in [0.1, 0.15) is 10.8 Å². The third kappa shape index (κ3) is 3.00. The van der Waals surface area contributed by atoms with Gasteiger partial charge in [0, 0.05) is 11.0 Å². The summed E-state index contributed by atoms with van der Waals surface area (Å²) in [6.07, 6.45) is 0. The second kappa shape index (κ2) is 5.22. The quantitative estimate of drug-likeness (QED) is 0.448. The van der Waals surface area contributed by atoms with Crippen molar-refractivity contribution in [3.05, 3.63) is 35.4 Å². The monoisotopic (exact) mass is 267 g/mol. The maximum Gasteiger partial charge on any atom is 0.223 e. The first kappa shape index (κ1) is 12.0. The van der Waals surface area contributed by atoms with Gasteiger partial charge in [-0.3, -0.25) is 0 Å². The number of nitrogens with one attached hydrogen (secondary N) is 1. The van der Waals surface area contributed by atoms with E-state index >= 15 is 0 Å². The van der Waals surface area contributed by atoms with Crippen molar-refractivity contribution in [1.29, 1.82) is 0 Å². The van der Waals surface area contributed by atoms with Crippen molar-refractivity contribution in [3.63, 3.8) is 0 Å². The van der Waals surface area contributed by atoms with Crippen molar-refractivity contribution in [1.82, 2.24) is 9.97 Å². The maximum atomic E-state index is 6.05. The number of halogens is 1. The van der Waals surface area contributed by atoms with Gasteiger partial charge >= 0.3 is 0 Å². The minimum Gasteiger partial charge on any atom is -0.368 e. The predicted octanol–water partition coefficient (Wildman–Crippen LogP) is 2.15. The van der Waals surface area contributed by atoms with Gasteiger partial charge < -0.3 is 11.2 Å². The molecule has 5 nitrogen and oxygen atoms in total. The third-order valence-corrected chi connectivity index (χ3v) is 3.35. The molecule has 7 heteroatoms. The number of nitrogen functional groups attached to an aromatic ring is 2. The molecule has 5 N–H and O–H groups in total. The standard InChI is InChI=1S/C10H10ClN5S/c11-6-3-1-2-4-7(6)17-9-5-8(16-13)14-10(12)15-9/h1-5H,13H2,(H3,12,14,15,16). The molecule has 88 valence electrons. The van der Waals surface area contributed by atoms with E-state index in [9.17, 15) is 0 Å². The average molecular weight is 268 g/mol. The molecule has 17 heavy (non-hydrogen) atoms. The number of benzene rings is 1. The van der Waals surface area contributed by atoms with Gasteiger partial charge in [0.2, 0.25) is 5.95 Å². The molecule has 0 amide bonds. The van der Waals surface area contributed by atoms with Gasteiger partial charge in [-0.15, -0.1) is 0 Å². The van der Waals surface area contributed by atoms with Crippen molar-refractivity contribution >= 4 is 35.1 Å². The van der Waals surface area contributed by atoms with Gasteiger partial charge in [-0.1, -0.05) is 35.5 Å². The van der Waals surface area contributed by atoms with E-state index in [4.69, 9.17) is 23.2 Å². The zero-order valence-electron chi connectivity index (χ0n) is 8.72. The molecule has 2 aromatic rings. The highest BCUT2D eigenvalue weighted by atomic mass is 35.5. The Kier molecular flexibility index (Phi) is 3.68. The highest BCUT2D eigenvalue weighted by Crippen LogP contribution is 2.32. The van der Waals surface area contributed by atoms with Gasteiger partial charge in [-0.25, -0.2) is 10.8 Å². The zero-order chi connectivity index (χ0) is 12.3. The Labute approximate surface area is 108 Å². The molecule has 0 atom stereocenters. The molecule has 0 saturated heterocycles. The molecule has 0 radical (unpaired) electrons. The number of hydrazine groups is 1. The molecule has 0 saturated carbocycles. The second-order valence-corrected chi connectivity index (χ2v) is 4.60. The van der Waals surface area contributed by atoms with Gasteiger partial charge in [0.25, 0.3) is 0 Å². The molecular formula is C10H10ClN5S. The SMILES string of the molecule is NNc1cc(Sc2ccccc2Cl)nc(N)n1. The molecule has 0 fully saturated rings. The number of nitrogens with zero attached hydrogens (tertiary/aromatic N) is 2. The van der Waals surface area contributed by atoms with Crippen molar-refractivity contribution in [2.75, 3.05) is 11.2 Å². The fourth-order valence-corrected chi connectivity index (χ4v) is 2.31. The number of nitrogens with two attached hydrogens (primary N) is 2. The molecule has 0 aliphatic rings. The summed E-state index contributed by atoms with van der Waals surface area (Å²) in [5.74, 6) is 5.91. The van der Waals surface area contributed by atoms with Crippen molar-refractivity contribution < 1.29 is 0 Å². The Balaban J connectivity index is 2.30. The summed E-state index contributed by atoms with van der Waals surface area (Å²) in [5.41, 5.74) is 7.99. The van der Waals surface area contributed by atoms with E-state index in [0.717, 1.165) is 4.90 Å². The molecule has 0 aliphatic heterocycles. The zero-order valence-corrected chi connectivity index (χ0v) is 10.3. The second-order valence-electron chi connectivity index (χ2n) is 3.13. The summed E-state index contributed by atoms with van der Waals surface area (Å²) in [7, 11) is 0. The van der Waals surface area contributed by atoms with Crippen molar-refractivity contribution in [2.45, 2.75) is 9.92 Å². The van der Waals surface area contributed by atoms with Crippen LogP contribution in [0.4, 0.5) is 11.8 Å². The predicted molar refractivity (Wildman–Crippen MR) is 69.8 cm³/mol. The van der Waals surface area contributed by atoms with Crippen LogP contribution in [0, 0.1) is 0 Å². The average Bonchev–Trinajstić information content (AvgIpc) is 2.31. The summed E-state index contributed by atoms with van der Waals surface area (Å²) in [4.78, 5) is 8.89. The highest BCUT2D eigenvalue weighted by Gasteiger charge is 2.06. The minimum absolute atomic E-state index is 0.162. The molecule has 0 aliphatic carbocycles. The van der Waals surface area contributed by atoms with E-state index in [-0.39, 0.29) is 5.95 Å². The first-order valence-corrected chi connectivity index (χ1v) is 5.92. The van der Waals surface area contributed by atoms with Gasteiger partial charge in [-0.05, 0) is 12.1 Å².